The van der Waals surface area contributed by atoms with Crippen LogP contribution in [0.25, 0.3) is 22.2 Å². The number of benzene rings is 1. The number of nitrogens with zero attached hydrogens (tertiary/aromatic N) is 3. The van der Waals surface area contributed by atoms with Crippen LogP contribution in [0.1, 0.15) is 38.2 Å². The molecule has 0 unspecified atom stereocenters. The Balaban J connectivity index is 1.47. The van der Waals surface area contributed by atoms with E-state index in [4.69, 9.17) is 4.98 Å². The van der Waals surface area contributed by atoms with Gasteiger partial charge < -0.3 is 9.88 Å². The van der Waals surface area contributed by atoms with Gasteiger partial charge in [-0.15, -0.1) is 0 Å². The fraction of sp³-hybridized carbons (Fsp3) is 0.286. The molecular formula is C28H32N4. The van der Waals surface area contributed by atoms with Gasteiger partial charge in [-0.05, 0) is 67.6 Å². The van der Waals surface area contributed by atoms with Crippen molar-refractivity contribution in [2.24, 2.45) is 7.05 Å². The lowest BCUT2D eigenvalue weighted by molar-refractivity contribution is 0.766. The third kappa shape index (κ3) is 5.25. The van der Waals surface area contributed by atoms with Gasteiger partial charge in [0.05, 0.1) is 11.4 Å². The van der Waals surface area contributed by atoms with Gasteiger partial charge >= 0.3 is 0 Å². The Morgan fingerprint density at radius 1 is 1.03 bits per heavy atom. The summed E-state index contributed by atoms with van der Waals surface area (Å²) in [5.41, 5.74) is 7.33. The molecule has 0 aliphatic heterocycles. The number of nitrogens with one attached hydrogen (secondary N) is 1. The summed E-state index contributed by atoms with van der Waals surface area (Å²) in [4.78, 5) is 8.87. The number of rotatable bonds is 10. The van der Waals surface area contributed by atoms with Gasteiger partial charge in [0.25, 0.3) is 0 Å². The Bertz CT molecular complexity index is 1170. The number of allylic oxidation sites excluding steroid dienone is 1. The number of aryl methyl sites for hydroxylation is 1. The quantitative estimate of drug-likeness (QED) is 0.225. The van der Waals surface area contributed by atoms with E-state index in [0.29, 0.717) is 0 Å². The topological polar surface area (TPSA) is 42.7 Å². The summed E-state index contributed by atoms with van der Waals surface area (Å²) in [6, 6.07) is 17.0. The first kappa shape index (κ1) is 21.8. The Morgan fingerprint density at radius 3 is 2.75 bits per heavy atom. The number of unbranched alkanes of at least 4 members (excludes halogenated alkanes) is 1. The Kier molecular flexibility index (Phi) is 7.34. The zero-order valence-electron chi connectivity index (χ0n) is 19.1. The average molecular weight is 425 g/mol. The molecule has 0 aliphatic carbocycles. The summed E-state index contributed by atoms with van der Waals surface area (Å²) in [5.74, 6) is 0. The summed E-state index contributed by atoms with van der Waals surface area (Å²) in [6.45, 7) is 3.14. The summed E-state index contributed by atoms with van der Waals surface area (Å²) in [6.07, 6.45) is 15.8. The second kappa shape index (κ2) is 10.8. The Morgan fingerprint density at radius 2 is 1.91 bits per heavy atom. The van der Waals surface area contributed by atoms with Crippen LogP contribution in [0, 0.1) is 0 Å². The molecule has 0 aliphatic rings. The molecule has 0 bridgehead atoms. The molecule has 1 aromatic carbocycles. The minimum atomic E-state index is 0.884. The van der Waals surface area contributed by atoms with E-state index in [1.54, 1.807) is 0 Å². The van der Waals surface area contributed by atoms with Crippen molar-refractivity contribution in [1.29, 1.82) is 0 Å². The minimum absolute atomic E-state index is 0.884. The fourth-order valence-corrected chi connectivity index (χ4v) is 4.18. The maximum atomic E-state index is 4.73. The Hall–Kier alpha value is -3.40. The molecule has 0 saturated carbocycles. The lowest BCUT2D eigenvalue weighted by Gasteiger charge is -2.12. The van der Waals surface area contributed by atoms with Crippen LogP contribution in [-0.2, 0) is 13.5 Å². The molecule has 4 rings (SSSR count). The molecule has 0 atom stereocenters. The highest BCUT2D eigenvalue weighted by molar-refractivity contribution is 5.97. The van der Waals surface area contributed by atoms with Crippen LogP contribution in [0.4, 0.5) is 5.69 Å². The van der Waals surface area contributed by atoms with Crippen LogP contribution in [0.15, 0.2) is 85.0 Å². The molecule has 32 heavy (non-hydrogen) atoms. The lowest BCUT2D eigenvalue weighted by Crippen LogP contribution is -2.04. The van der Waals surface area contributed by atoms with Gasteiger partial charge in [-0.3, -0.25) is 9.97 Å². The van der Waals surface area contributed by atoms with E-state index in [1.165, 1.54) is 40.4 Å². The highest BCUT2D eigenvalue weighted by Gasteiger charge is 2.11. The Labute approximate surface area is 191 Å². The third-order valence-electron chi connectivity index (χ3n) is 5.92. The second-order valence-corrected chi connectivity index (χ2v) is 8.28. The predicted molar refractivity (Wildman–Crippen MR) is 135 cm³/mol. The first-order valence-electron chi connectivity index (χ1n) is 11.6. The smallest absolute Gasteiger partial charge is 0.0939 e. The first-order chi connectivity index (χ1) is 15.8. The summed E-state index contributed by atoms with van der Waals surface area (Å²) in [5, 5.41) is 4.87. The van der Waals surface area contributed by atoms with Gasteiger partial charge in [0.1, 0.15) is 0 Å². The van der Waals surface area contributed by atoms with Crippen molar-refractivity contribution in [3.63, 3.8) is 0 Å². The van der Waals surface area contributed by atoms with Gasteiger partial charge in [-0.2, -0.15) is 0 Å². The van der Waals surface area contributed by atoms with E-state index in [0.717, 1.165) is 37.2 Å². The number of aromatic nitrogens is 3. The number of hydrogen-bond acceptors (Lipinski definition) is 3. The van der Waals surface area contributed by atoms with Crippen LogP contribution >= 0.6 is 0 Å². The van der Waals surface area contributed by atoms with Crippen molar-refractivity contribution in [2.75, 3.05) is 11.9 Å². The molecule has 0 radical (unpaired) electrons. The van der Waals surface area contributed by atoms with Gasteiger partial charge in [0.2, 0.25) is 0 Å². The molecule has 4 nitrogen and oxygen atoms in total. The zero-order valence-corrected chi connectivity index (χ0v) is 19.1. The third-order valence-corrected chi connectivity index (χ3v) is 5.92. The molecule has 4 heteroatoms. The molecule has 0 fully saturated rings. The van der Waals surface area contributed by atoms with E-state index >= 15 is 0 Å². The van der Waals surface area contributed by atoms with Crippen molar-refractivity contribution in [1.82, 2.24) is 14.5 Å². The predicted octanol–water partition coefficient (Wildman–Crippen LogP) is 6.80. The fourth-order valence-electron chi connectivity index (χ4n) is 4.18. The van der Waals surface area contributed by atoms with E-state index in [-0.39, 0.29) is 0 Å². The SMILES string of the molecule is CCCC/C(=C\CCNc1cccnc1-c1cccc2c1ccn2C)Cc1ccncc1. The van der Waals surface area contributed by atoms with Crippen LogP contribution in [-0.4, -0.2) is 21.1 Å². The van der Waals surface area contributed by atoms with Gasteiger partial charge in [0, 0.05) is 54.8 Å². The average Bonchev–Trinajstić information content (AvgIpc) is 3.22. The van der Waals surface area contributed by atoms with Crippen LogP contribution < -0.4 is 5.32 Å². The molecule has 3 aromatic heterocycles. The summed E-state index contributed by atoms with van der Waals surface area (Å²) >= 11 is 0. The zero-order chi connectivity index (χ0) is 22.2. The van der Waals surface area contributed by atoms with E-state index in [9.17, 15) is 0 Å². The maximum absolute atomic E-state index is 4.73. The molecule has 3 heterocycles. The minimum Gasteiger partial charge on any atom is -0.383 e. The molecular weight excluding hydrogens is 392 g/mol. The normalized spacial score (nSPS) is 11.8. The van der Waals surface area contributed by atoms with Crippen LogP contribution in [0.3, 0.4) is 0 Å². The second-order valence-electron chi connectivity index (χ2n) is 8.28. The lowest BCUT2D eigenvalue weighted by atomic mass is 10.00. The maximum Gasteiger partial charge on any atom is 0.0939 e. The monoisotopic (exact) mass is 424 g/mol. The molecule has 0 saturated heterocycles. The van der Waals surface area contributed by atoms with Crippen molar-refractivity contribution in [3.8, 4) is 11.3 Å². The van der Waals surface area contributed by atoms with Gasteiger partial charge in [-0.25, -0.2) is 0 Å². The standard InChI is InChI=1S/C28H32N4/c1-3-4-8-22(21-23-13-18-29-19-14-23)9-6-16-30-26-11-7-17-31-28(26)25-10-5-12-27-24(25)15-20-32(27)2/h5,7,9-15,17-20,30H,3-4,6,8,16,21H2,1-2H3/b22-9+. The molecule has 1 N–H and O–H groups in total. The number of pyridine rings is 2. The van der Waals surface area contributed by atoms with Gasteiger partial charge in [0.15, 0.2) is 0 Å². The highest BCUT2D eigenvalue weighted by atomic mass is 14.9. The molecule has 4 aromatic rings. The first-order valence-corrected chi connectivity index (χ1v) is 11.6. The van der Waals surface area contributed by atoms with Crippen LogP contribution in [0.2, 0.25) is 0 Å². The number of anilines is 1. The molecule has 0 spiro atoms. The van der Waals surface area contributed by atoms with Crippen LogP contribution in [0.5, 0.6) is 0 Å². The molecule has 164 valence electrons. The van der Waals surface area contributed by atoms with Crippen molar-refractivity contribution in [3.05, 3.63) is 90.5 Å². The number of fused-ring (bicyclic) bond motifs is 1. The summed E-state index contributed by atoms with van der Waals surface area (Å²) in [7, 11) is 2.08. The van der Waals surface area contributed by atoms with E-state index < -0.39 is 0 Å². The van der Waals surface area contributed by atoms with Gasteiger partial charge in [-0.1, -0.05) is 37.1 Å². The summed E-state index contributed by atoms with van der Waals surface area (Å²) < 4.78 is 2.15. The number of hydrogen-bond donors (Lipinski definition) is 1. The van der Waals surface area contributed by atoms with Crippen molar-refractivity contribution in [2.45, 2.75) is 39.0 Å². The molecule has 0 amide bonds. The van der Waals surface area contributed by atoms with Crippen molar-refractivity contribution >= 4 is 16.6 Å². The highest BCUT2D eigenvalue weighted by Crippen LogP contribution is 2.32. The van der Waals surface area contributed by atoms with Crippen molar-refractivity contribution < 1.29 is 0 Å². The van der Waals surface area contributed by atoms with E-state index in [1.807, 2.05) is 24.7 Å². The largest absolute Gasteiger partial charge is 0.383 e. The van der Waals surface area contributed by atoms with E-state index in [2.05, 4.69) is 83.6 Å².